The van der Waals surface area contributed by atoms with Crippen molar-refractivity contribution in [3.8, 4) is 0 Å². The van der Waals surface area contributed by atoms with E-state index < -0.39 is 5.72 Å². The van der Waals surface area contributed by atoms with Gasteiger partial charge in [-0.2, -0.15) is 5.11 Å². The van der Waals surface area contributed by atoms with Crippen LogP contribution < -0.4 is 0 Å². The molecule has 0 aliphatic rings. The van der Waals surface area contributed by atoms with E-state index in [1.807, 2.05) is 60.7 Å². The summed E-state index contributed by atoms with van der Waals surface area (Å²) in [5, 5.41) is 17.2. The number of rotatable bonds is 4. The van der Waals surface area contributed by atoms with Crippen LogP contribution in [0.5, 0.6) is 0 Å². The quantitative estimate of drug-likeness (QED) is 0.497. The minimum atomic E-state index is -1.20. The zero-order valence-electron chi connectivity index (χ0n) is 10.0. The van der Waals surface area contributed by atoms with Crippen LogP contribution in [0.15, 0.2) is 70.9 Å². The van der Waals surface area contributed by atoms with Gasteiger partial charge >= 0.3 is 0 Å². The Balaban J connectivity index is 2.27. The Bertz CT molecular complexity index is 514. The van der Waals surface area contributed by atoms with Gasteiger partial charge < -0.3 is 0 Å². The van der Waals surface area contributed by atoms with E-state index in [1.165, 1.54) is 0 Å². The molecule has 0 aliphatic carbocycles. The smallest absolute Gasteiger partial charge is 0.234 e. The molecule has 92 valence electrons. The van der Waals surface area contributed by atoms with Crippen molar-refractivity contribution in [1.82, 2.24) is 0 Å². The highest BCUT2D eigenvalue weighted by molar-refractivity contribution is 5.35. The number of hydrogen-bond donors (Lipinski definition) is 1. The zero-order chi connectivity index (χ0) is 12.8. The first-order chi connectivity index (χ1) is 8.74. The Labute approximate surface area is 106 Å². The molecule has 0 aromatic heterocycles. The fraction of sp³-hybridized carbons (Fsp3) is 0.143. The van der Waals surface area contributed by atoms with Gasteiger partial charge in [-0.3, -0.25) is 0 Å². The molecule has 1 unspecified atom stereocenters. The van der Waals surface area contributed by atoms with Gasteiger partial charge in [-0.05, 0) is 19.1 Å². The van der Waals surface area contributed by atoms with Crippen LogP contribution in [0.2, 0.25) is 0 Å². The molecule has 4 nitrogen and oxygen atoms in total. The topological polar surface area (TPSA) is 54.2 Å². The van der Waals surface area contributed by atoms with Crippen molar-refractivity contribution in [3.63, 3.8) is 0 Å². The first-order valence-corrected chi connectivity index (χ1v) is 5.61. The van der Waals surface area contributed by atoms with Crippen molar-refractivity contribution in [2.75, 3.05) is 0 Å². The second-order valence-electron chi connectivity index (χ2n) is 3.98. The van der Waals surface area contributed by atoms with Gasteiger partial charge in [-0.25, -0.2) is 10.1 Å². The van der Waals surface area contributed by atoms with E-state index in [1.54, 1.807) is 6.92 Å². The lowest BCUT2D eigenvalue weighted by Crippen LogP contribution is -2.21. The Hall–Kier alpha value is -2.04. The van der Waals surface area contributed by atoms with Crippen LogP contribution in [0, 0.1) is 0 Å². The Morgan fingerprint density at radius 1 is 0.944 bits per heavy atom. The highest BCUT2D eigenvalue weighted by Gasteiger charge is 2.27. The second kappa shape index (κ2) is 5.53. The largest absolute Gasteiger partial charge is 0.249 e. The standard InChI is InChI=1S/C14H14N2O2/c1-14(18-17,12-8-4-2-5-9-12)16-15-13-10-6-3-7-11-13/h2-11,17H,1H3. The maximum absolute atomic E-state index is 9.06. The molecule has 0 spiro atoms. The molecule has 1 N–H and O–H groups in total. The van der Waals surface area contributed by atoms with E-state index in [-0.39, 0.29) is 0 Å². The summed E-state index contributed by atoms with van der Waals surface area (Å²) >= 11 is 0. The van der Waals surface area contributed by atoms with Crippen LogP contribution >= 0.6 is 0 Å². The van der Waals surface area contributed by atoms with E-state index in [9.17, 15) is 0 Å². The molecule has 2 rings (SSSR count). The van der Waals surface area contributed by atoms with Crippen molar-refractivity contribution < 1.29 is 10.1 Å². The average Bonchev–Trinajstić information content (AvgIpc) is 2.47. The molecule has 0 radical (unpaired) electrons. The summed E-state index contributed by atoms with van der Waals surface area (Å²) in [4.78, 5) is 4.49. The Morgan fingerprint density at radius 2 is 1.50 bits per heavy atom. The van der Waals surface area contributed by atoms with E-state index >= 15 is 0 Å². The van der Waals surface area contributed by atoms with E-state index in [0.717, 1.165) is 5.56 Å². The first-order valence-electron chi connectivity index (χ1n) is 5.61. The summed E-state index contributed by atoms with van der Waals surface area (Å²) in [5.74, 6) is 0. The van der Waals surface area contributed by atoms with Crippen molar-refractivity contribution in [2.45, 2.75) is 12.6 Å². The molecule has 0 saturated carbocycles. The molecule has 2 aromatic carbocycles. The van der Waals surface area contributed by atoms with Crippen molar-refractivity contribution in [3.05, 3.63) is 66.2 Å². The summed E-state index contributed by atoms with van der Waals surface area (Å²) < 4.78 is 0. The van der Waals surface area contributed by atoms with Gasteiger partial charge in [0.2, 0.25) is 5.72 Å². The third-order valence-corrected chi connectivity index (χ3v) is 2.60. The SMILES string of the molecule is CC(N=Nc1ccccc1)(OO)c1ccccc1. The maximum atomic E-state index is 9.06. The lowest BCUT2D eigenvalue weighted by atomic mass is 10.1. The van der Waals surface area contributed by atoms with Gasteiger partial charge in [0.05, 0.1) is 5.69 Å². The molecular formula is C14H14N2O2. The molecule has 2 aromatic rings. The predicted molar refractivity (Wildman–Crippen MR) is 68.5 cm³/mol. The molecule has 0 fully saturated rings. The molecular weight excluding hydrogens is 228 g/mol. The van der Waals surface area contributed by atoms with Crippen molar-refractivity contribution >= 4 is 5.69 Å². The van der Waals surface area contributed by atoms with Crippen LogP contribution in [-0.4, -0.2) is 5.26 Å². The number of benzene rings is 2. The summed E-state index contributed by atoms with van der Waals surface area (Å²) in [7, 11) is 0. The van der Waals surface area contributed by atoms with Crippen LogP contribution in [0.4, 0.5) is 5.69 Å². The van der Waals surface area contributed by atoms with E-state index in [4.69, 9.17) is 5.26 Å². The lowest BCUT2D eigenvalue weighted by Gasteiger charge is -2.19. The highest BCUT2D eigenvalue weighted by atomic mass is 17.1. The fourth-order valence-electron chi connectivity index (χ4n) is 1.52. The van der Waals surface area contributed by atoms with Gasteiger partial charge in [-0.15, -0.1) is 5.11 Å². The van der Waals surface area contributed by atoms with Gasteiger partial charge in [0.1, 0.15) is 0 Å². The minimum Gasteiger partial charge on any atom is -0.249 e. The molecule has 18 heavy (non-hydrogen) atoms. The molecule has 0 bridgehead atoms. The third-order valence-electron chi connectivity index (χ3n) is 2.60. The molecule has 4 heteroatoms. The van der Waals surface area contributed by atoms with Gasteiger partial charge in [0, 0.05) is 5.56 Å². The van der Waals surface area contributed by atoms with Crippen LogP contribution in [0.1, 0.15) is 12.5 Å². The van der Waals surface area contributed by atoms with Crippen LogP contribution in [0.25, 0.3) is 0 Å². The first kappa shape index (κ1) is 12.4. The normalized spacial score (nSPS) is 14.6. The van der Waals surface area contributed by atoms with Crippen molar-refractivity contribution in [2.24, 2.45) is 10.2 Å². The predicted octanol–water partition coefficient (Wildman–Crippen LogP) is 4.13. The van der Waals surface area contributed by atoms with E-state index in [2.05, 4.69) is 15.1 Å². The maximum Gasteiger partial charge on any atom is 0.234 e. The third kappa shape index (κ3) is 2.80. The molecule has 0 amide bonds. The summed E-state index contributed by atoms with van der Waals surface area (Å²) in [5.41, 5.74) is 0.237. The monoisotopic (exact) mass is 242 g/mol. The molecule has 0 saturated heterocycles. The van der Waals surface area contributed by atoms with Gasteiger partial charge in [-0.1, -0.05) is 48.5 Å². The lowest BCUT2D eigenvalue weighted by molar-refractivity contribution is -0.323. The summed E-state index contributed by atoms with van der Waals surface area (Å²) in [6.07, 6.45) is 0. The average molecular weight is 242 g/mol. The summed E-state index contributed by atoms with van der Waals surface area (Å²) in [6.45, 7) is 1.65. The minimum absolute atomic E-state index is 0.705. The second-order valence-corrected chi connectivity index (χ2v) is 3.98. The van der Waals surface area contributed by atoms with Gasteiger partial charge in [0.15, 0.2) is 0 Å². The van der Waals surface area contributed by atoms with Crippen LogP contribution in [0.3, 0.4) is 0 Å². The molecule has 0 heterocycles. The molecule has 0 aliphatic heterocycles. The highest BCUT2D eigenvalue weighted by Crippen LogP contribution is 2.27. The Morgan fingerprint density at radius 3 is 2.06 bits per heavy atom. The zero-order valence-corrected chi connectivity index (χ0v) is 10.0. The van der Waals surface area contributed by atoms with Gasteiger partial charge in [0.25, 0.3) is 0 Å². The van der Waals surface area contributed by atoms with Crippen LogP contribution in [-0.2, 0) is 10.6 Å². The van der Waals surface area contributed by atoms with E-state index in [0.29, 0.717) is 5.69 Å². The fourth-order valence-corrected chi connectivity index (χ4v) is 1.52. The number of azo groups is 1. The summed E-state index contributed by atoms with van der Waals surface area (Å²) in [6, 6.07) is 18.5. The number of hydrogen-bond acceptors (Lipinski definition) is 4. The number of nitrogens with zero attached hydrogens (tertiary/aromatic N) is 2. The molecule has 1 atom stereocenters. The Kier molecular flexibility index (Phi) is 3.82. The van der Waals surface area contributed by atoms with Crippen molar-refractivity contribution in [1.29, 1.82) is 0 Å².